The molecule has 0 spiro atoms. The molecule has 1 unspecified atom stereocenters. The Morgan fingerprint density at radius 3 is 1.23 bits per heavy atom. The molecule has 8 nitrogen and oxygen atoms in total. The molecular weight excluding hydrogens is 597 g/mol. The highest BCUT2D eigenvalue weighted by Gasteiger charge is 2.41. The van der Waals surface area contributed by atoms with Gasteiger partial charge in [0.05, 0.1) is 19.3 Å². The van der Waals surface area contributed by atoms with E-state index < -0.39 is 62.6 Å². The average molecular weight is 661 g/mol. The van der Waals surface area contributed by atoms with Crippen LogP contribution in [0.4, 0.5) is 0 Å². The molecule has 0 aliphatic rings. The first-order chi connectivity index (χ1) is 17.3. The maximum atomic E-state index is 10.1. The van der Waals surface area contributed by atoms with Crippen LogP contribution in [0.1, 0.15) is 19.8 Å². The van der Waals surface area contributed by atoms with Gasteiger partial charge in [-0.2, -0.15) is 0 Å². The predicted molar refractivity (Wildman–Crippen MR) is 178 cm³/mol. The normalized spacial score (nSPS) is 16.8. The van der Waals surface area contributed by atoms with Crippen molar-refractivity contribution in [2.75, 3.05) is 19.8 Å². The first kappa shape index (κ1) is 40.0. The van der Waals surface area contributed by atoms with E-state index in [0.717, 1.165) is 24.9 Å². The van der Waals surface area contributed by atoms with Gasteiger partial charge in [0.2, 0.25) is 0 Å². The molecule has 0 aliphatic heterocycles. The van der Waals surface area contributed by atoms with Crippen LogP contribution in [0.25, 0.3) is 0 Å². The van der Waals surface area contributed by atoms with E-state index in [1.165, 1.54) is 0 Å². The van der Waals surface area contributed by atoms with E-state index in [-0.39, 0.29) is 19.3 Å². The minimum atomic E-state index is -2.37. The summed E-state index contributed by atoms with van der Waals surface area (Å²) in [5, 5.41) is 20.1. The summed E-state index contributed by atoms with van der Waals surface area (Å²) in [6.45, 7) is 32.8. The zero-order valence-corrected chi connectivity index (χ0v) is 34.0. The molecule has 0 amide bonds. The second-order valence-corrected chi connectivity index (χ2v) is 40.7. The Bertz CT molecular complexity index is 656. The van der Waals surface area contributed by atoms with Gasteiger partial charge in [-0.15, -0.1) is 0 Å². The van der Waals surface area contributed by atoms with Crippen LogP contribution in [0.3, 0.4) is 0 Å². The third-order valence-electron chi connectivity index (χ3n) is 5.38. The minimum absolute atomic E-state index is 0.131. The van der Waals surface area contributed by atoms with Crippen molar-refractivity contribution in [2.24, 2.45) is 0 Å². The second kappa shape index (κ2) is 16.2. The molecule has 0 bridgehead atoms. The van der Waals surface area contributed by atoms with Crippen molar-refractivity contribution in [1.29, 1.82) is 0 Å². The Balaban J connectivity index is 5.10. The zero-order valence-electron chi connectivity index (χ0n) is 28.0. The number of hydrogen-bond donors (Lipinski definition) is 2. The van der Waals surface area contributed by atoms with Crippen molar-refractivity contribution in [1.82, 2.24) is 0 Å². The average Bonchev–Trinajstić information content (AvgIpc) is 2.65. The van der Waals surface area contributed by atoms with Crippen molar-refractivity contribution in [3.8, 4) is 0 Å². The van der Waals surface area contributed by atoms with Gasteiger partial charge in [-0.05, 0) is 124 Å². The molecule has 0 saturated carbocycles. The largest absolute Gasteiger partial charge is 0.437 e. The Kier molecular flexibility index (Phi) is 16.6. The summed E-state index contributed by atoms with van der Waals surface area (Å²) < 4.78 is 38.6. The molecule has 0 aromatic rings. The maximum absolute atomic E-state index is 10.1. The minimum Gasteiger partial charge on any atom is -0.437 e. The summed E-state index contributed by atoms with van der Waals surface area (Å²) in [6, 6.07) is 1.65. The van der Waals surface area contributed by atoms with Crippen LogP contribution in [-0.4, -0.2) is 98.7 Å². The number of hydrogen-bond acceptors (Lipinski definition) is 8. The molecule has 3 atom stereocenters. The fourth-order valence-electron chi connectivity index (χ4n) is 4.82. The lowest BCUT2D eigenvalue weighted by Crippen LogP contribution is -2.53. The SMILES string of the molecule is CC(CC[Si](C)(O[Si](C)(C)C)O[Si](C)(C)C)O[C@H](CO)[C@H](CO)OCCC[Si](C)(O[Si](C)(C)C)O[Si](C)(C)C. The van der Waals surface area contributed by atoms with Crippen LogP contribution >= 0.6 is 0 Å². The molecule has 0 aromatic heterocycles. The van der Waals surface area contributed by atoms with Crippen molar-refractivity contribution in [3.63, 3.8) is 0 Å². The topological polar surface area (TPSA) is 95.8 Å². The number of aliphatic hydroxyl groups is 2. The van der Waals surface area contributed by atoms with Crippen molar-refractivity contribution < 1.29 is 36.1 Å². The summed E-state index contributed by atoms with van der Waals surface area (Å²) in [6.07, 6.45) is 0.204. The van der Waals surface area contributed by atoms with Crippen LogP contribution in [0.5, 0.6) is 0 Å². The van der Waals surface area contributed by atoms with Crippen molar-refractivity contribution in [3.05, 3.63) is 0 Å². The van der Waals surface area contributed by atoms with Crippen molar-refractivity contribution >= 4 is 50.4 Å². The lowest BCUT2D eigenvalue weighted by Gasteiger charge is -2.39. The van der Waals surface area contributed by atoms with Gasteiger partial charge in [0, 0.05) is 6.61 Å². The summed E-state index contributed by atoms with van der Waals surface area (Å²) in [5.41, 5.74) is 0. The zero-order chi connectivity index (χ0) is 30.9. The molecule has 0 fully saturated rings. The van der Waals surface area contributed by atoms with E-state index >= 15 is 0 Å². The van der Waals surface area contributed by atoms with E-state index in [1.54, 1.807) is 0 Å². The molecule has 2 N–H and O–H groups in total. The first-order valence-corrected chi connectivity index (χ1v) is 33.3. The molecule has 0 rings (SSSR count). The van der Waals surface area contributed by atoms with Gasteiger partial charge in [0.25, 0.3) is 0 Å². The Morgan fingerprint density at radius 2 is 0.897 bits per heavy atom. The quantitative estimate of drug-likeness (QED) is 0.107. The smallest absolute Gasteiger partial charge is 0.314 e. The highest BCUT2D eigenvalue weighted by Crippen LogP contribution is 2.28. The van der Waals surface area contributed by atoms with Crippen LogP contribution < -0.4 is 0 Å². The molecule has 0 aromatic carbocycles. The molecule has 39 heavy (non-hydrogen) atoms. The molecule has 0 heterocycles. The lowest BCUT2D eigenvalue weighted by molar-refractivity contribution is -0.129. The molecule has 0 radical (unpaired) electrons. The molecular formula is C25H64O8Si6. The summed E-state index contributed by atoms with van der Waals surface area (Å²) in [4.78, 5) is 0. The monoisotopic (exact) mass is 660 g/mol. The Morgan fingerprint density at radius 1 is 0.538 bits per heavy atom. The van der Waals surface area contributed by atoms with Crippen LogP contribution in [0.15, 0.2) is 0 Å². The lowest BCUT2D eigenvalue weighted by atomic mass is 10.2. The standard InChI is InChI=1S/C25H64O8Si6/c1-23(17-20-39(15,32-36(8,9)10)33-37(11,12)13)29-25(22-27)24(21-26)28-18-16-19-38(14,30-34(2,3)4)31-35(5,6)7/h23-27H,16-22H2,1-15H3/t23?,24-,25+/m0/s1. The number of aliphatic hydroxyl groups excluding tert-OH is 2. The predicted octanol–water partition coefficient (Wildman–Crippen LogP) is 6.46. The molecule has 0 aliphatic carbocycles. The van der Waals surface area contributed by atoms with Gasteiger partial charge >= 0.3 is 17.1 Å². The van der Waals surface area contributed by atoms with E-state index in [0.29, 0.717) is 6.61 Å². The highest BCUT2D eigenvalue weighted by atomic mass is 28.5. The van der Waals surface area contributed by atoms with E-state index in [2.05, 4.69) is 91.7 Å². The summed E-state index contributed by atoms with van der Waals surface area (Å²) in [7, 11) is -11.8. The first-order valence-electron chi connectivity index (χ1n) is 14.6. The number of rotatable bonds is 21. The summed E-state index contributed by atoms with van der Waals surface area (Å²) >= 11 is 0. The second-order valence-electron chi connectivity index (χ2n) is 15.0. The van der Waals surface area contributed by atoms with Gasteiger partial charge in [-0.3, -0.25) is 0 Å². The van der Waals surface area contributed by atoms with Gasteiger partial charge < -0.3 is 36.1 Å². The Hall–Kier alpha value is 0.981. The van der Waals surface area contributed by atoms with Gasteiger partial charge in [-0.1, -0.05) is 0 Å². The Labute approximate surface area is 247 Å². The highest BCUT2D eigenvalue weighted by molar-refractivity contribution is 6.88. The third kappa shape index (κ3) is 20.5. The van der Waals surface area contributed by atoms with Gasteiger partial charge in [-0.25, -0.2) is 0 Å². The third-order valence-corrected chi connectivity index (χ3v) is 24.5. The van der Waals surface area contributed by atoms with Gasteiger partial charge in [0.1, 0.15) is 12.2 Å². The fraction of sp³-hybridized carbons (Fsp3) is 1.00. The maximum Gasteiger partial charge on any atom is 0.314 e. The van der Waals surface area contributed by atoms with Crippen LogP contribution in [0, 0.1) is 0 Å². The molecule has 236 valence electrons. The molecule has 14 heteroatoms. The summed E-state index contributed by atoms with van der Waals surface area (Å²) in [5.74, 6) is 0. The fourth-order valence-corrected chi connectivity index (χ4v) is 30.0. The van der Waals surface area contributed by atoms with E-state index in [1.807, 2.05) is 6.92 Å². The van der Waals surface area contributed by atoms with Crippen molar-refractivity contribution in [2.45, 2.75) is 142 Å². The van der Waals surface area contributed by atoms with E-state index in [9.17, 15) is 10.2 Å². The number of ether oxygens (including phenoxy) is 2. The van der Waals surface area contributed by atoms with Gasteiger partial charge in [0.15, 0.2) is 33.3 Å². The van der Waals surface area contributed by atoms with Crippen LogP contribution in [-0.2, 0) is 25.9 Å². The van der Waals surface area contributed by atoms with Crippen LogP contribution in [0.2, 0.25) is 104 Å². The molecule has 0 saturated heterocycles. The van der Waals surface area contributed by atoms with E-state index in [4.69, 9.17) is 25.9 Å².